The van der Waals surface area contributed by atoms with Crippen molar-refractivity contribution in [3.8, 4) is 0 Å². The van der Waals surface area contributed by atoms with Crippen molar-refractivity contribution in [3.05, 3.63) is 35.4 Å². The van der Waals surface area contributed by atoms with Crippen LogP contribution in [0, 0.1) is 0 Å². The molecule has 0 amide bonds. The van der Waals surface area contributed by atoms with Gasteiger partial charge < -0.3 is 9.05 Å². The van der Waals surface area contributed by atoms with Gasteiger partial charge in [0.05, 0.1) is 28.7 Å². The fourth-order valence-corrected chi connectivity index (χ4v) is 6.18. The Balaban J connectivity index is 2.47. The summed E-state index contributed by atoms with van der Waals surface area (Å²) in [7, 11) is 0.255. The summed E-state index contributed by atoms with van der Waals surface area (Å²) in [6.45, 7) is 8.80. The zero-order valence-electron chi connectivity index (χ0n) is 24.1. The number of unbranched alkanes of at least 4 members (excludes halogenated alkanes) is 11. The van der Waals surface area contributed by atoms with E-state index in [1.54, 1.807) is 24.3 Å². The molecule has 4 atom stereocenters. The molecule has 0 aliphatic heterocycles. The van der Waals surface area contributed by atoms with Crippen molar-refractivity contribution < 1.29 is 18.6 Å². The Kier molecular flexibility index (Phi) is 21.1. The molecule has 212 valence electrons. The molecule has 37 heavy (non-hydrogen) atoms. The Morgan fingerprint density at radius 3 is 1.30 bits per heavy atom. The summed E-state index contributed by atoms with van der Waals surface area (Å²) in [5, 5.41) is 0. The Bertz CT molecular complexity index is 725. The first kappa shape index (κ1) is 34.0. The molecular formula is C31H54O4P2. The average Bonchev–Trinajstić information content (AvgIpc) is 2.93. The zero-order chi connectivity index (χ0) is 27.1. The first-order chi connectivity index (χ1) is 18.1. The predicted molar refractivity (Wildman–Crippen MR) is 163 cm³/mol. The minimum Gasteiger partial charge on any atom is -0.444 e. The van der Waals surface area contributed by atoms with E-state index in [4.69, 9.17) is 9.05 Å². The van der Waals surface area contributed by atoms with Gasteiger partial charge in [0.2, 0.25) is 0 Å². The highest BCUT2D eigenvalue weighted by molar-refractivity contribution is 7.34. The molecule has 0 heterocycles. The molecule has 0 aliphatic carbocycles. The van der Waals surface area contributed by atoms with Crippen LogP contribution in [0.3, 0.4) is 0 Å². The molecule has 0 saturated heterocycles. The molecule has 0 spiro atoms. The number of benzene rings is 1. The first-order valence-corrected chi connectivity index (χ1v) is 17.1. The van der Waals surface area contributed by atoms with Crippen LogP contribution in [0.2, 0.25) is 0 Å². The van der Waals surface area contributed by atoms with Gasteiger partial charge in [-0.2, -0.15) is 0 Å². The van der Waals surface area contributed by atoms with Crippen molar-refractivity contribution in [1.82, 2.24) is 0 Å². The molecule has 6 heteroatoms. The summed E-state index contributed by atoms with van der Waals surface area (Å²) in [4.78, 5) is 25.8. The SMILES string of the molecule is CCCCCCCCC[C@@H](CC)POC(=O)c1ccccc1C(=O)OP[C@@H](CC)CCCCCCCC. The molecule has 0 N–H and O–H groups in total. The third-order valence-electron chi connectivity index (χ3n) is 7.05. The van der Waals surface area contributed by atoms with Gasteiger partial charge in [-0.3, -0.25) is 0 Å². The lowest BCUT2D eigenvalue weighted by Gasteiger charge is -2.16. The average molecular weight is 553 g/mol. The fourth-order valence-electron chi connectivity index (χ4n) is 4.43. The molecule has 1 aromatic carbocycles. The van der Waals surface area contributed by atoms with Crippen LogP contribution in [-0.2, 0) is 9.05 Å². The summed E-state index contributed by atoms with van der Waals surface area (Å²) in [6, 6.07) is 6.91. The van der Waals surface area contributed by atoms with E-state index in [1.165, 1.54) is 83.5 Å². The first-order valence-electron chi connectivity index (χ1n) is 15.1. The molecule has 4 nitrogen and oxygen atoms in total. The highest BCUT2D eigenvalue weighted by Gasteiger charge is 2.21. The topological polar surface area (TPSA) is 52.6 Å². The highest BCUT2D eigenvalue weighted by Crippen LogP contribution is 2.32. The lowest BCUT2D eigenvalue weighted by molar-refractivity contribution is 0.0716. The summed E-state index contributed by atoms with van der Waals surface area (Å²) in [6.07, 6.45) is 20.9. The maximum absolute atomic E-state index is 12.9. The summed E-state index contributed by atoms with van der Waals surface area (Å²) in [5.74, 6) is -0.822. The van der Waals surface area contributed by atoms with Crippen molar-refractivity contribution in [2.24, 2.45) is 0 Å². The van der Waals surface area contributed by atoms with E-state index >= 15 is 0 Å². The zero-order valence-corrected chi connectivity index (χ0v) is 26.1. The quantitative estimate of drug-likeness (QED) is 0.100. The van der Waals surface area contributed by atoms with Crippen molar-refractivity contribution in [2.45, 2.75) is 148 Å². The van der Waals surface area contributed by atoms with Crippen LogP contribution in [0.15, 0.2) is 24.3 Å². The van der Waals surface area contributed by atoms with Gasteiger partial charge in [0.25, 0.3) is 0 Å². The number of carbonyl (C=O) groups is 2. The van der Waals surface area contributed by atoms with Gasteiger partial charge in [-0.25, -0.2) is 9.59 Å². The summed E-state index contributed by atoms with van der Waals surface area (Å²) < 4.78 is 11.4. The lowest BCUT2D eigenvalue weighted by atomic mass is 10.1. The molecule has 1 rings (SSSR count). The van der Waals surface area contributed by atoms with Gasteiger partial charge in [-0.15, -0.1) is 0 Å². The molecule has 0 bridgehead atoms. The van der Waals surface area contributed by atoms with E-state index in [0.717, 1.165) is 25.7 Å². The van der Waals surface area contributed by atoms with Gasteiger partial charge in [-0.05, 0) is 37.8 Å². The van der Waals surface area contributed by atoms with Gasteiger partial charge in [0.15, 0.2) is 0 Å². The fraction of sp³-hybridized carbons (Fsp3) is 0.742. The number of carbonyl (C=O) groups excluding carboxylic acids is 2. The monoisotopic (exact) mass is 552 g/mol. The Labute approximate surface area is 231 Å². The third-order valence-corrected chi connectivity index (χ3v) is 9.72. The Morgan fingerprint density at radius 2 is 0.946 bits per heavy atom. The molecule has 0 aromatic heterocycles. The van der Waals surface area contributed by atoms with Crippen LogP contribution in [0.5, 0.6) is 0 Å². The summed E-state index contributed by atoms with van der Waals surface area (Å²) in [5.41, 5.74) is 1.43. The molecule has 2 unspecified atom stereocenters. The molecule has 1 aromatic rings. The normalized spacial score (nSPS) is 13.4. The largest absolute Gasteiger partial charge is 0.444 e. The van der Waals surface area contributed by atoms with E-state index < -0.39 is 11.9 Å². The smallest absolute Gasteiger partial charge is 0.341 e. The second-order valence-corrected chi connectivity index (χ2v) is 12.7. The second kappa shape index (κ2) is 23.0. The number of hydrogen-bond donors (Lipinski definition) is 0. The van der Waals surface area contributed by atoms with Crippen molar-refractivity contribution in [3.63, 3.8) is 0 Å². The van der Waals surface area contributed by atoms with Gasteiger partial charge >= 0.3 is 11.9 Å². The van der Waals surface area contributed by atoms with E-state index in [1.807, 2.05) is 0 Å². The van der Waals surface area contributed by atoms with E-state index in [9.17, 15) is 9.59 Å². The molecule has 0 fully saturated rings. The van der Waals surface area contributed by atoms with Crippen molar-refractivity contribution in [1.29, 1.82) is 0 Å². The number of rotatable bonds is 23. The van der Waals surface area contributed by atoms with Gasteiger partial charge in [0.1, 0.15) is 0 Å². The summed E-state index contributed by atoms with van der Waals surface area (Å²) >= 11 is 0. The Morgan fingerprint density at radius 1 is 0.595 bits per heavy atom. The van der Waals surface area contributed by atoms with Crippen LogP contribution >= 0.6 is 17.6 Å². The third kappa shape index (κ3) is 15.9. The van der Waals surface area contributed by atoms with E-state index in [0.29, 0.717) is 22.4 Å². The molecule has 0 saturated carbocycles. The Hall–Kier alpha value is -0.980. The van der Waals surface area contributed by atoms with Crippen LogP contribution in [-0.4, -0.2) is 23.3 Å². The second-order valence-electron chi connectivity index (χ2n) is 10.2. The molecule has 0 radical (unpaired) electrons. The maximum Gasteiger partial charge on any atom is 0.341 e. The minimum atomic E-state index is -0.411. The van der Waals surface area contributed by atoms with Crippen LogP contribution in [0.4, 0.5) is 0 Å². The van der Waals surface area contributed by atoms with E-state index in [-0.39, 0.29) is 17.6 Å². The minimum absolute atomic E-state index is 0.127. The van der Waals surface area contributed by atoms with Crippen molar-refractivity contribution >= 4 is 29.6 Å². The van der Waals surface area contributed by atoms with Gasteiger partial charge in [-0.1, -0.05) is 123 Å². The van der Waals surface area contributed by atoms with Crippen LogP contribution in [0.1, 0.15) is 158 Å². The van der Waals surface area contributed by atoms with E-state index in [2.05, 4.69) is 27.7 Å². The standard InChI is InChI=1S/C31H54O4P2/c1-5-9-11-13-15-17-19-23-27(8-4)37-35-31(33)29-25-21-20-24-28(29)30(32)34-36-26(7-3)22-18-16-14-12-10-6-2/h20-21,24-27,36-37H,5-19,22-23H2,1-4H3/t26-,27+/m0/s1. The molecular weight excluding hydrogens is 498 g/mol. The predicted octanol–water partition coefficient (Wildman–Crippen LogP) is 10.6. The number of hydrogen-bond acceptors (Lipinski definition) is 4. The van der Waals surface area contributed by atoms with Crippen molar-refractivity contribution in [2.75, 3.05) is 0 Å². The lowest BCUT2D eigenvalue weighted by Crippen LogP contribution is -2.12. The molecule has 0 aliphatic rings. The highest BCUT2D eigenvalue weighted by atomic mass is 31.1. The van der Waals surface area contributed by atoms with Crippen LogP contribution < -0.4 is 0 Å². The van der Waals surface area contributed by atoms with Gasteiger partial charge in [0, 0.05) is 11.3 Å². The maximum atomic E-state index is 12.9. The van der Waals surface area contributed by atoms with Crippen LogP contribution in [0.25, 0.3) is 0 Å².